The number of unbranched alkanes of at least 4 members (excludes halogenated alkanes) is 2. The predicted molar refractivity (Wildman–Crippen MR) is 77.9 cm³/mol. The summed E-state index contributed by atoms with van der Waals surface area (Å²) in [5.74, 6) is 0.429. The van der Waals surface area contributed by atoms with Gasteiger partial charge in [-0.1, -0.05) is 44.4 Å². The van der Waals surface area contributed by atoms with Crippen LogP contribution in [0, 0.1) is 6.92 Å². The molecule has 0 saturated carbocycles. The SMILES string of the molecule is CCCCN(CCCC)Cc1cc(C)ccc1O. The van der Waals surface area contributed by atoms with Crippen molar-refractivity contribution in [3.63, 3.8) is 0 Å². The Hall–Kier alpha value is -1.02. The van der Waals surface area contributed by atoms with Gasteiger partial charge in [0.1, 0.15) is 5.75 Å². The maximum Gasteiger partial charge on any atom is 0.120 e. The highest BCUT2D eigenvalue weighted by Crippen LogP contribution is 2.20. The number of rotatable bonds is 8. The van der Waals surface area contributed by atoms with Crippen LogP contribution in [0.2, 0.25) is 0 Å². The van der Waals surface area contributed by atoms with Crippen LogP contribution in [0.15, 0.2) is 18.2 Å². The van der Waals surface area contributed by atoms with Gasteiger partial charge in [-0.15, -0.1) is 0 Å². The molecule has 0 unspecified atom stereocenters. The number of aromatic hydroxyl groups is 1. The molecular formula is C16H27NO. The number of hydrogen-bond donors (Lipinski definition) is 1. The first-order chi connectivity index (χ1) is 8.67. The highest BCUT2D eigenvalue weighted by atomic mass is 16.3. The zero-order valence-corrected chi connectivity index (χ0v) is 12.1. The first-order valence-electron chi connectivity index (χ1n) is 7.18. The molecule has 0 aliphatic carbocycles. The van der Waals surface area contributed by atoms with Gasteiger partial charge in [0.25, 0.3) is 0 Å². The topological polar surface area (TPSA) is 23.5 Å². The van der Waals surface area contributed by atoms with E-state index in [2.05, 4.69) is 31.7 Å². The van der Waals surface area contributed by atoms with Crippen LogP contribution in [0.25, 0.3) is 0 Å². The molecule has 1 aromatic carbocycles. The highest BCUT2D eigenvalue weighted by molar-refractivity contribution is 5.35. The van der Waals surface area contributed by atoms with E-state index < -0.39 is 0 Å². The van der Waals surface area contributed by atoms with Gasteiger partial charge in [0.2, 0.25) is 0 Å². The van der Waals surface area contributed by atoms with Crippen LogP contribution in [0.4, 0.5) is 0 Å². The van der Waals surface area contributed by atoms with Gasteiger partial charge in [-0.25, -0.2) is 0 Å². The minimum absolute atomic E-state index is 0.429. The average Bonchev–Trinajstić information content (AvgIpc) is 2.37. The van der Waals surface area contributed by atoms with E-state index in [0.717, 1.165) is 25.2 Å². The van der Waals surface area contributed by atoms with E-state index in [1.807, 2.05) is 12.1 Å². The van der Waals surface area contributed by atoms with Gasteiger partial charge in [0.05, 0.1) is 0 Å². The predicted octanol–water partition coefficient (Wildman–Crippen LogP) is 4.10. The second kappa shape index (κ2) is 8.15. The molecule has 0 amide bonds. The molecule has 0 heterocycles. The van der Waals surface area contributed by atoms with Crippen molar-refractivity contribution in [2.75, 3.05) is 13.1 Å². The molecule has 0 aliphatic heterocycles. The van der Waals surface area contributed by atoms with Crippen LogP contribution in [-0.4, -0.2) is 23.1 Å². The van der Waals surface area contributed by atoms with Gasteiger partial charge in [0.15, 0.2) is 0 Å². The van der Waals surface area contributed by atoms with Crippen LogP contribution < -0.4 is 0 Å². The maximum absolute atomic E-state index is 9.91. The van der Waals surface area contributed by atoms with E-state index in [1.54, 1.807) is 0 Å². The zero-order valence-electron chi connectivity index (χ0n) is 12.1. The van der Waals surface area contributed by atoms with Crippen molar-refractivity contribution in [1.82, 2.24) is 4.90 Å². The maximum atomic E-state index is 9.91. The van der Waals surface area contributed by atoms with Crippen LogP contribution >= 0.6 is 0 Å². The zero-order chi connectivity index (χ0) is 13.4. The third-order valence-corrected chi connectivity index (χ3v) is 3.28. The Bertz CT molecular complexity index is 341. The normalized spacial score (nSPS) is 11.1. The number of benzene rings is 1. The molecule has 2 heteroatoms. The molecular weight excluding hydrogens is 222 g/mol. The lowest BCUT2D eigenvalue weighted by molar-refractivity contribution is 0.253. The summed E-state index contributed by atoms with van der Waals surface area (Å²) in [5, 5.41) is 9.91. The fourth-order valence-corrected chi connectivity index (χ4v) is 2.12. The minimum atomic E-state index is 0.429. The lowest BCUT2D eigenvalue weighted by atomic mass is 10.1. The molecule has 102 valence electrons. The van der Waals surface area contributed by atoms with Crippen molar-refractivity contribution >= 4 is 0 Å². The number of hydrogen-bond acceptors (Lipinski definition) is 2. The molecule has 1 rings (SSSR count). The standard InChI is InChI=1S/C16H27NO/c1-4-6-10-17(11-7-5-2)13-15-12-14(3)8-9-16(15)18/h8-9,12,18H,4-7,10-11,13H2,1-3H3. The Morgan fingerprint density at radius 1 is 1.06 bits per heavy atom. The lowest BCUT2D eigenvalue weighted by Crippen LogP contribution is -2.25. The van der Waals surface area contributed by atoms with Crippen LogP contribution in [0.3, 0.4) is 0 Å². The summed E-state index contributed by atoms with van der Waals surface area (Å²) in [5.41, 5.74) is 2.27. The molecule has 0 fully saturated rings. The third-order valence-electron chi connectivity index (χ3n) is 3.28. The largest absolute Gasteiger partial charge is 0.508 e. The summed E-state index contributed by atoms with van der Waals surface area (Å²) in [6.07, 6.45) is 4.91. The second-order valence-corrected chi connectivity index (χ2v) is 5.12. The summed E-state index contributed by atoms with van der Waals surface area (Å²) in [4.78, 5) is 2.46. The summed E-state index contributed by atoms with van der Waals surface area (Å²) in [6, 6.07) is 5.87. The third kappa shape index (κ3) is 5.09. The first-order valence-corrected chi connectivity index (χ1v) is 7.18. The number of phenols is 1. The van der Waals surface area contributed by atoms with E-state index >= 15 is 0 Å². The summed E-state index contributed by atoms with van der Waals surface area (Å²) in [7, 11) is 0. The van der Waals surface area contributed by atoms with Gasteiger partial charge in [-0.2, -0.15) is 0 Å². The molecule has 0 radical (unpaired) electrons. The van der Waals surface area contributed by atoms with Gasteiger partial charge in [-0.05, 0) is 38.9 Å². The number of nitrogens with zero attached hydrogens (tertiary/aromatic N) is 1. The van der Waals surface area contributed by atoms with Crippen molar-refractivity contribution in [3.05, 3.63) is 29.3 Å². The van der Waals surface area contributed by atoms with Crippen molar-refractivity contribution in [2.45, 2.75) is 53.0 Å². The van der Waals surface area contributed by atoms with E-state index in [-0.39, 0.29) is 0 Å². The molecule has 18 heavy (non-hydrogen) atoms. The van der Waals surface area contributed by atoms with E-state index in [9.17, 15) is 5.11 Å². The lowest BCUT2D eigenvalue weighted by Gasteiger charge is -2.22. The van der Waals surface area contributed by atoms with Gasteiger partial charge in [0, 0.05) is 12.1 Å². The molecule has 0 bridgehead atoms. The second-order valence-electron chi connectivity index (χ2n) is 5.12. The van der Waals surface area contributed by atoms with E-state index in [1.165, 1.54) is 31.2 Å². The summed E-state index contributed by atoms with van der Waals surface area (Å²) < 4.78 is 0. The number of phenolic OH excluding ortho intramolecular Hbond substituents is 1. The van der Waals surface area contributed by atoms with Crippen LogP contribution in [-0.2, 0) is 6.54 Å². The van der Waals surface area contributed by atoms with Gasteiger partial charge < -0.3 is 5.11 Å². The van der Waals surface area contributed by atoms with E-state index in [0.29, 0.717) is 5.75 Å². The molecule has 0 atom stereocenters. The van der Waals surface area contributed by atoms with Crippen LogP contribution in [0.5, 0.6) is 5.75 Å². The highest BCUT2D eigenvalue weighted by Gasteiger charge is 2.08. The van der Waals surface area contributed by atoms with Crippen molar-refractivity contribution < 1.29 is 5.11 Å². The van der Waals surface area contributed by atoms with Gasteiger partial charge >= 0.3 is 0 Å². The smallest absolute Gasteiger partial charge is 0.120 e. The Morgan fingerprint density at radius 3 is 2.22 bits per heavy atom. The molecule has 2 nitrogen and oxygen atoms in total. The molecule has 0 aliphatic rings. The monoisotopic (exact) mass is 249 g/mol. The Kier molecular flexibility index (Phi) is 6.81. The van der Waals surface area contributed by atoms with Crippen molar-refractivity contribution in [1.29, 1.82) is 0 Å². The van der Waals surface area contributed by atoms with E-state index in [4.69, 9.17) is 0 Å². The summed E-state index contributed by atoms with van der Waals surface area (Å²) in [6.45, 7) is 9.65. The fraction of sp³-hybridized carbons (Fsp3) is 0.625. The molecule has 1 aromatic rings. The Labute approximate surface area is 112 Å². The van der Waals surface area contributed by atoms with Crippen molar-refractivity contribution in [3.8, 4) is 5.75 Å². The minimum Gasteiger partial charge on any atom is -0.508 e. The van der Waals surface area contributed by atoms with Crippen LogP contribution in [0.1, 0.15) is 50.7 Å². The first kappa shape index (κ1) is 15.0. The average molecular weight is 249 g/mol. The van der Waals surface area contributed by atoms with Crippen molar-refractivity contribution in [2.24, 2.45) is 0 Å². The molecule has 0 aromatic heterocycles. The fourth-order valence-electron chi connectivity index (χ4n) is 2.12. The molecule has 1 N–H and O–H groups in total. The Morgan fingerprint density at radius 2 is 1.67 bits per heavy atom. The molecule has 0 spiro atoms. The number of aryl methyl sites for hydroxylation is 1. The summed E-state index contributed by atoms with van der Waals surface area (Å²) >= 11 is 0. The quantitative estimate of drug-likeness (QED) is 0.749. The van der Waals surface area contributed by atoms with Gasteiger partial charge in [-0.3, -0.25) is 4.90 Å². The molecule has 0 saturated heterocycles. The Balaban J connectivity index is 2.65.